The van der Waals surface area contributed by atoms with Crippen LogP contribution in [0.3, 0.4) is 0 Å². The van der Waals surface area contributed by atoms with Crippen LogP contribution in [-0.2, 0) is 4.74 Å². The first-order valence-corrected chi connectivity index (χ1v) is 9.05. The molecular formula is C24H22O4. The quantitative estimate of drug-likeness (QED) is 0.426. The van der Waals surface area contributed by atoms with Gasteiger partial charge in [-0.15, -0.1) is 0 Å². The van der Waals surface area contributed by atoms with E-state index in [1.165, 1.54) is 0 Å². The third-order valence-electron chi connectivity index (χ3n) is 4.34. The molecule has 4 heteroatoms. The fourth-order valence-corrected chi connectivity index (χ4v) is 3.22. The van der Waals surface area contributed by atoms with Crippen LogP contribution in [0.2, 0.25) is 0 Å². The van der Waals surface area contributed by atoms with Crippen molar-refractivity contribution in [2.75, 3.05) is 6.61 Å². The van der Waals surface area contributed by atoms with Crippen molar-refractivity contribution in [2.45, 2.75) is 20.8 Å². The average molecular weight is 374 g/mol. The van der Waals surface area contributed by atoms with Gasteiger partial charge in [-0.1, -0.05) is 42.0 Å². The Labute approximate surface area is 164 Å². The lowest BCUT2D eigenvalue weighted by Gasteiger charge is -2.11. The average Bonchev–Trinajstić information content (AvgIpc) is 2.66. The van der Waals surface area contributed by atoms with Crippen LogP contribution in [-0.4, -0.2) is 18.4 Å². The second-order valence-corrected chi connectivity index (χ2v) is 6.72. The first-order chi connectivity index (χ1) is 13.4. The third kappa shape index (κ3) is 4.65. The summed E-state index contributed by atoms with van der Waals surface area (Å²) < 4.78 is 11.0. The van der Waals surface area contributed by atoms with Crippen molar-refractivity contribution in [3.05, 3.63) is 94.5 Å². The highest BCUT2D eigenvalue weighted by Crippen LogP contribution is 2.22. The van der Waals surface area contributed by atoms with Crippen molar-refractivity contribution in [3.63, 3.8) is 0 Å². The largest absolute Gasteiger partial charge is 0.457 e. The molecule has 0 unspecified atom stereocenters. The summed E-state index contributed by atoms with van der Waals surface area (Å²) in [7, 11) is 0. The first kappa shape index (κ1) is 19.4. The molecule has 0 saturated carbocycles. The molecule has 3 aromatic rings. The summed E-state index contributed by atoms with van der Waals surface area (Å²) >= 11 is 0. The maximum absolute atomic E-state index is 12.5. The van der Waals surface area contributed by atoms with Gasteiger partial charge in [0, 0.05) is 5.56 Å². The Bertz CT molecular complexity index is 983. The van der Waals surface area contributed by atoms with Crippen LogP contribution in [0.4, 0.5) is 0 Å². The zero-order valence-electron chi connectivity index (χ0n) is 16.2. The molecule has 0 bridgehead atoms. The second kappa shape index (κ2) is 8.53. The zero-order valence-corrected chi connectivity index (χ0v) is 16.2. The van der Waals surface area contributed by atoms with E-state index in [2.05, 4.69) is 0 Å². The summed E-state index contributed by atoms with van der Waals surface area (Å²) in [6.07, 6.45) is 0. The summed E-state index contributed by atoms with van der Waals surface area (Å²) in [6.45, 7) is 5.46. The fraction of sp³-hybridized carbons (Fsp3) is 0.167. The number of hydrogen-bond acceptors (Lipinski definition) is 4. The summed E-state index contributed by atoms with van der Waals surface area (Å²) in [5.41, 5.74) is 3.81. The molecule has 3 rings (SSSR count). The van der Waals surface area contributed by atoms with Crippen molar-refractivity contribution >= 4 is 11.8 Å². The lowest BCUT2D eigenvalue weighted by atomic mass is 9.97. The molecule has 0 radical (unpaired) electrons. The van der Waals surface area contributed by atoms with Crippen LogP contribution < -0.4 is 4.74 Å². The Balaban J connectivity index is 1.67. The van der Waals surface area contributed by atoms with Crippen molar-refractivity contribution in [1.29, 1.82) is 0 Å². The number of ether oxygens (including phenoxy) is 2. The van der Waals surface area contributed by atoms with Crippen molar-refractivity contribution in [2.24, 2.45) is 0 Å². The topological polar surface area (TPSA) is 52.6 Å². The van der Waals surface area contributed by atoms with Gasteiger partial charge < -0.3 is 9.47 Å². The predicted octanol–water partition coefficient (Wildman–Crippen LogP) is 5.44. The number of rotatable bonds is 6. The van der Waals surface area contributed by atoms with Crippen molar-refractivity contribution in [3.8, 4) is 11.5 Å². The Morgan fingerprint density at radius 1 is 0.786 bits per heavy atom. The van der Waals surface area contributed by atoms with Gasteiger partial charge in [0.1, 0.15) is 11.5 Å². The number of ketones is 1. The number of aryl methyl sites for hydroxylation is 3. The van der Waals surface area contributed by atoms with Crippen molar-refractivity contribution in [1.82, 2.24) is 0 Å². The molecule has 0 aromatic heterocycles. The molecule has 142 valence electrons. The van der Waals surface area contributed by atoms with E-state index in [9.17, 15) is 9.59 Å². The van der Waals surface area contributed by atoms with E-state index in [-0.39, 0.29) is 12.4 Å². The standard InChI is InChI=1S/C24H22O4/c1-16-12-17(2)23(18(3)13-16)22(25)15-27-24(26)19-8-7-11-21(14-19)28-20-9-5-4-6-10-20/h4-14H,15H2,1-3H3. The second-order valence-electron chi connectivity index (χ2n) is 6.72. The number of Topliss-reactive ketones (excluding diaryl/α,β-unsaturated/α-hetero) is 1. The smallest absolute Gasteiger partial charge is 0.338 e. The van der Waals surface area contributed by atoms with Gasteiger partial charge in [-0.25, -0.2) is 4.79 Å². The molecular weight excluding hydrogens is 352 g/mol. The van der Waals surface area contributed by atoms with E-state index in [1.807, 2.05) is 63.2 Å². The number of hydrogen-bond donors (Lipinski definition) is 0. The summed E-state index contributed by atoms with van der Waals surface area (Å²) in [5, 5.41) is 0. The van der Waals surface area contributed by atoms with Gasteiger partial charge in [-0.2, -0.15) is 0 Å². The molecule has 0 spiro atoms. The maximum atomic E-state index is 12.5. The van der Waals surface area contributed by atoms with Gasteiger partial charge in [0.25, 0.3) is 0 Å². The number of carbonyl (C=O) groups excluding carboxylic acids is 2. The first-order valence-electron chi connectivity index (χ1n) is 9.05. The maximum Gasteiger partial charge on any atom is 0.338 e. The SMILES string of the molecule is Cc1cc(C)c(C(=O)COC(=O)c2cccc(Oc3ccccc3)c2)c(C)c1. The van der Waals surface area contributed by atoms with Crippen LogP contribution in [0.15, 0.2) is 66.7 Å². The van der Waals surface area contributed by atoms with E-state index < -0.39 is 5.97 Å². The molecule has 0 fully saturated rings. The minimum absolute atomic E-state index is 0.208. The van der Waals surface area contributed by atoms with Gasteiger partial charge in [0.2, 0.25) is 5.78 Å². The van der Waals surface area contributed by atoms with Crippen molar-refractivity contribution < 1.29 is 19.1 Å². The van der Waals surface area contributed by atoms with Crippen LogP contribution >= 0.6 is 0 Å². The Hall–Kier alpha value is -3.40. The molecule has 0 atom stereocenters. The molecule has 3 aromatic carbocycles. The number of para-hydroxylation sites is 1. The van der Waals surface area contributed by atoms with E-state index in [0.29, 0.717) is 22.6 Å². The molecule has 0 aliphatic heterocycles. The molecule has 0 amide bonds. The van der Waals surface area contributed by atoms with E-state index in [4.69, 9.17) is 9.47 Å². The van der Waals surface area contributed by atoms with Gasteiger partial charge in [0.15, 0.2) is 6.61 Å². The number of esters is 1. The minimum Gasteiger partial charge on any atom is -0.457 e. The number of benzene rings is 3. The Morgan fingerprint density at radius 3 is 2.11 bits per heavy atom. The highest BCUT2D eigenvalue weighted by atomic mass is 16.5. The molecule has 0 aliphatic carbocycles. The Morgan fingerprint density at radius 2 is 1.43 bits per heavy atom. The summed E-state index contributed by atoms with van der Waals surface area (Å²) in [5.74, 6) is 0.431. The van der Waals surface area contributed by atoms with E-state index in [1.54, 1.807) is 24.3 Å². The fourth-order valence-electron chi connectivity index (χ4n) is 3.22. The summed E-state index contributed by atoms with van der Waals surface area (Å²) in [4.78, 5) is 24.9. The lowest BCUT2D eigenvalue weighted by molar-refractivity contribution is 0.0474. The van der Waals surface area contributed by atoms with E-state index in [0.717, 1.165) is 16.7 Å². The van der Waals surface area contributed by atoms with E-state index >= 15 is 0 Å². The molecule has 0 saturated heterocycles. The zero-order chi connectivity index (χ0) is 20.1. The molecule has 0 heterocycles. The van der Waals surface area contributed by atoms with Gasteiger partial charge in [-0.3, -0.25) is 4.79 Å². The monoisotopic (exact) mass is 374 g/mol. The van der Waals surface area contributed by atoms with Crippen LogP contribution in [0.1, 0.15) is 37.4 Å². The van der Waals surface area contributed by atoms with Crippen LogP contribution in [0.5, 0.6) is 11.5 Å². The summed E-state index contributed by atoms with van der Waals surface area (Å²) in [6, 6.07) is 19.9. The highest BCUT2D eigenvalue weighted by Gasteiger charge is 2.16. The molecule has 0 N–H and O–H groups in total. The van der Waals surface area contributed by atoms with Gasteiger partial charge >= 0.3 is 5.97 Å². The van der Waals surface area contributed by atoms with Gasteiger partial charge in [-0.05, 0) is 62.2 Å². The third-order valence-corrected chi connectivity index (χ3v) is 4.34. The predicted molar refractivity (Wildman–Crippen MR) is 108 cm³/mol. The minimum atomic E-state index is -0.561. The molecule has 0 aliphatic rings. The Kier molecular flexibility index (Phi) is 5.90. The number of carbonyl (C=O) groups is 2. The van der Waals surface area contributed by atoms with Crippen LogP contribution in [0, 0.1) is 20.8 Å². The lowest BCUT2D eigenvalue weighted by Crippen LogP contribution is -2.16. The van der Waals surface area contributed by atoms with Gasteiger partial charge in [0.05, 0.1) is 5.56 Å². The highest BCUT2D eigenvalue weighted by molar-refractivity contribution is 6.01. The normalized spacial score (nSPS) is 10.4. The molecule has 28 heavy (non-hydrogen) atoms. The molecule has 4 nitrogen and oxygen atoms in total. The van der Waals surface area contributed by atoms with Crippen LogP contribution in [0.25, 0.3) is 0 Å².